The third-order valence-corrected chi connectivity index (χ3v) is 2.82. The summed E-state index contributed by atoms with van der Waals surface area (Å²) < 4.78 is 0. The maximum atomic E-state index is 12.4. The molecule has 2 N–H and O–H groups in total. The van der Waals surface area contributed by atoms with E-state index in [4.69, 9.17) is 5.73 Å². The molecule has 2 aromatic heterocycles. The maximum Gasteiger partial charge on any atom is 0.254 e. The van der Waals surface area contributed by atoms with Crippen LogP contribution in [0.15, 0.2) is 42.9 Å². The van der Waals surface area contributed by atoms with E-state index < -0.39 is 0 Å². The van der Waals surface area contributed by atoms with Crippen molar-refractivity contribution in [2.75, 3.05) is 12.3 Å². The van der Waals surface area contributed by atoms with Gasteiger partial charge < -0.3 is 10.6 Å². The van der Waals surface area contributed by atoms with Gasteiger partial charge in [-0.05, 0) is 36.8 Å². The molecule has 2 rings (SSSR count). The molecule has 2 aromatic rings. The van der Waals surface area contributed by atoms with E-state index in [1.165, 1.54) is 0 Å². The van der Waals surface area contributed by atoms with Gasteiger partial charge in [0.25, 0.3) is 5.91 Å². The highest BCUT2D eigenvalue weighted by Gasteiger charge is 2.14. The van der Waals surface area contributed by atoms with Gasteiger partial charge in [-0.25, -0.2) is 4.98 Å². The SMILES string of the molecule is CCN(Cc1ccncc1)C(=O)c1ccnc(N)c1. The summed E-state index contributed by atoms with van der Waals surface area (Å²) in [6.07, 6.45) is 4.99. The average molecular weight is 256 g/mol. The monoisotopic (exact) mass is 256 g/mol. The molecule has 1 amide bonds. The van der Waals surface area contributed by atoms with Gasteiger partial charge in [0.2, 0.25) is 0 Å². The van der Waals surface area contributed by atoms with Gasteiger partial charge >= 0.3 is 0 Å². The first-order chi connectivity index (χ1) is 9.20. The molecule has 0 aliphatic heterocycles. The summed E-state index contributed by atoms with van der Waals surface area (Å²) in [7, 11) is 0. The van der Waals surface area contributed by atoms with Gasteiger partial charge in [-0.3, -0.25) is 9.78 Å². The number of nitrogens with two attached hydrogens (primary N) is 1. The third kappa shape index (κ3) is 3.28. The van der Waals surface area contributed by atoms with Crippen LogP contribution in [0.3, 0.4) is 0 Å². The average Bonchev–Trinajstić information content (AvgIpc) is 2.45. The zero-order valence-corrected chi connectivity index (χ0v) is 10.8. The molecule has 0 spiro atoms. The molecule has 0 radical (unpaired) electrons. The van der Waals surface area contributed by atoms with Crippen LogP contribution in [-0.4, -0.2) is 27.3 Å². The van der Waals surface area contributed by atoms with Crippen molar-refractivity contribution in [1.82, 2.24) is 14.9 Å². The number of aromatic nitrogens is 2. The van der Waals surface area contributed by atoms with Crippen LogP contribution in [0.1, 0.15) is 22.8 Å². The van der Waals surface area contributed by atoms with Crippen molar-refractivity contribution in [3.63, 3.8) is 0 Å². The lowest BCUT2D eigenvalue weighted by Gasteiger charge is -2.21. The lowest BCUT2D eigenvalue weighted by molar-refractivity contribution is 0.0752. The largest absolute Gasteiger partial charge is 0.384 e. The van der Waals surface area contributed by atoms with Gasteiger partial charge in [-0.2, -0.15) is 0 Å². The van der Waals surface area contributed by atoms with Crippen molar-refractivity contribution >= 4 is 11.7 Å². The Hall–Kier alpha value is -2.43. The fraction of sp³-hybridized carbons (Fsp3) is 0.214. The Morgan fingerprint density at radius 2 is 2.00 bits per heavy atom. The minimum absolute atomic E-state index is 0.0478. The van der Waals surface area contributed by atoms with Crippen molar-refractivity contribution in [2.24, 2.45) is 0 Å². The number of nitrogen functional groups attached to an aromatic ring is 1. The Morgan fingerprint density at radius 3 is 2.63 bits per heavy atom. The van der Waals surface area contributed by atoms with Crippen LogP contribution in [0, 0.1) is 0 Å². The van der Waals surface area contributed by atoms with Crippen LogP contribution >= 0.6 is 0 Å². The number of hydrogen-bond acceptors (Lipinski definition) is 4. The summed E-state index contributed by atoms with van der Waals surface area (Å²) in [5.41, 5.74) is 7.21. The molecule has 0 bridgehead atoms. The zero-order valence-electron chi connectivity index (χ0n) is 10.8. The molecule has 0 fully saturated rings. The van der Waals surface area contributed by atoms with Crippen molar-refractivity contribution in [2.45, 2.75) is 13.5 Å². The Labute approximate surface area is 112 Å². The Bertz CT molecular complexity index is 556. The molecule has 0 saturated heterocycles. The van der Waals surface area contributed by atoms with E-state index in [2.05, 4.69) is 9.97 Å². The minimum Gasteiger partial charge on any atom is -0.384 e. The zero-order chi connectivity index (χ0) is 13.7. The maximum absolute atomic E-state index is 12.4. The van der Waals surface area contributed by atoms with Crippen LogP contribution < -0.4 is 5.73 Å². The molecular formula is C14H16N4O. The second-order valence-electron chi connectivity index (χ2n) is 4.14. The highest BCUT2D eigenvalue weighted by atomic mass is 16.2. The lowest BCUT2D eigenvalue weighted by atomic mass is 10.2. The van der Waals surface area contributed by atoms with Gasteiger partial charge in [0.05, 0.1) is 0 Å². The predicted molar refractivity (Wildman–Crippen MR) is 73.3 cm³/mol. The first-order valence-electron chi connectivity index (χ1n) is 6.10. The van der Waals surface area contributed by atoms with Crippen LogP contribution in [0.4, 0.5) is 5.82 Å². The highest BCUT2D eigenvalue weighted by Crippen LogP contribution is 2.10. The number of rotatable bonds is 4. The van der Waals surface area contributed by atoms with Gasteiger partial charge in [0.15, 0.2) is 0 Å². The molecule has 5 nitrogen and oxygen atoms in total. The van der Waals surface area contributed by atoms with Gasteiger partial charge in [0.1, 0.15) is 5.82 Å². The summed E-state index contributed by atoms with van der Waals surface area (Å²) in [5, 5.41) is 0. The molecular weight excluding hydrogens is 240 g/mol. The number of carbonyl (C=O) groups excluding carboxylic acids is 1. The fourth-order valence-electron chi connectivity index (χ4n) is 1.80. The number of pyridine rings is 2. The Balaban J connectivity index is 2.16. The van der Waals surface area contributed by atoms with Crippen LogP contribution in [0.5, 0.6) is 0 Å². The lowest BCUT2D eigenvalue weighted by Crippen LogP contribution is -2.30. The summed E-state index contributed by atoms with van der Waals surface area (Å²) >= 11 is 0. The van der Waals surface area contributed by atoms with Crippen molar-refractivity contribution in [3.8, 4) is 0 Å². The van der Waals surface area contributed by atoms with Gasteiger partial charge in [-0.1, -0.05) is 0 Å². The number of hydrogen-bond donors (Lipinski definition) is 1. The highest BCUT2D eigenvalue weighted by molar-refractivity contribution is 5.94. The summed E-state index contributed by atoms with van der Waals surface area (Å²) in [6, 6.07) is 7.07. The first-order valence-corrected chi connectivity index (χ1v) is 6.10. The Morgan fingerprint density at radius 1 is 1.26 bits per heavy atom. The molecule has 98 valence electrons. The standard InChI is InChI=1S/C14H16N4O/c1-2-18(10-11-3-6-16-7-4-11)14(19)12-5-8-17-13(15)9-12/h3-9H,2,10H2,1H3,(H2,15,17). The molecule has 0 unspecified atom stereocenters. The molecule has 19 heavy (non-hydrogen) atoms. The third-order valence-electron chi connectivity index (χ3n) is 2.82. The fourth-order valence-corrected chi connectivity index (χ4v) is 1.80. The van der Waals surface area contributed by atoms with Crippen molar-refractivity contribution in [3.05, 3.63) is 54.0 Å². The van der Waals surface area contributed by atoms with E-state index in [0.717, 1.165) is 5.56 Å². The first kappa shape index (κ1) is 13.0. The molecule has 5 heteroatoms. The second-order valence-corrected chi connectivity index (χ2v) is 4.14. The van der Waals surface area contributed by atoms with Crippen molar-refractivity contribution in [1.29, 1.82) is 0 Å². The molecule has 0 saturated carbocycles. The number of anilines is 1. The summed E-state index contributed by atoms with van der Waals surface area (Å²) in [6.45, 7) is 3.13. The van der Waals surface area contributed by atoms with Crippen LogP contribution in [-0.2, 0) is 6.54 Å². The molecule has 0 aliphatic rings. The normalized spacial score (nSPS) is 10.2. The molecule has 0 aromatic carbocycles. The number of nitrogens with zero attached hydrogens (tertiary/aromatic N) is 3. The van der Waals surface area contributed by atoms with Crippen LogP contribution in [0.25, 0.3) is 0 Å². The summed E-state index contributed by atoms with van der Waals surface area (Å²) in [4.78, 5) is 22.0. The Kier molecular flexibility index (Phi) is 4.07. The van der Waals surface area contributed by atoms with E-state index in [1.807, 2.05) is 19.1 Å². The second kappa shape index (κ2) is 5.95. The quantitative estimate of drug-likeness (QED) is 0.904. The summed E-state index contributed by atoms with van der Waals surface area (Å²) in [5.74, 6) is 0.305. The smallest absolute Gasteiger partial charge is 0.254 e. The minimum atomic E-state index is -0.0478. The van der Waals surface area contributed by atoms with E-state index >= 15 is 0 Å². The van der Waals surface area contributed by atoms with E-state index in [9.17, 15) is 4.79 Å². The van der Waals surface area contributed by atoms with Crippen molar-refractivity contribution < 1.29 is 4.79 Å². The van der Waals surface area contributed by atoms with E-state index in [1.54, 1.807) is 35.6 Å². The number of amides is 1. The molecule has 0 atom stereocenters. The molecule has 0 aliphatic carbocycles. The van der Waals surface area contributed by atoms with Gasteiger partial charge in [-0.15, -0.1) is 0 Å². The topological polar surface area (TPSA) is 72.1 Å². The molecule has 2 heterocycles. The predicted octanol–water partition coefficient (Wildman–Crippen LogP) is 1.72. The van der Waals surface area contributed by atoms with Gasteiger partial charge in [0, 0.05) is 37.2 Å². The van der Waals surface area contributed by atoms with E-state index in [0.29, 0.717) is 24.5 Å². The van der Waals surface area contributed by atoms with E-state index in [-0.39, 0.29) is 5.91 Å². The van der Waals surface area contributed by atoms with Crippen LogP contribution in [0.2, 0.25) is 0 Å². The number of carbonyl (C=O) groups is 1.